The molecule has 1 aliphatic heterocycles. The first-order valence-electron chi connectivity index (χ1n) is 7.37. The van der Waals surface area contributed by atoms with E-state index in [2.05, 4.69) is 24.8 Å². The predicted octanol–water partition coefficient (Wildman–Crippen LogP) is 0.967. The van der Waals surface area contributed by atoms with Crippen LogP contribution in [0.25, 0.3) is 11.2 Å². The summed E-state index contributed by atoms with van der Waals surface area (Å²) in [5, 5.41) is 0. The summed E-state index contributed by atoms with van der Waals surface area (Å²) >= 11 is 0. The third-order valence-electron chi connectivity index (χ3n) is 3.83. The number of imidazole rings is 1. The number of nitrogens with one attached hydrogen (secondary N) is 2. The quantitative estimate of drug-likeness (QED) is 0.578. The topological polar surface area (TPSA) is 103 Å². The Morgan fingerprint density at radius 2 is 2.19 bits per heavy atom. The predicted molar refractivity (Wildman–Crippen MR) is 84.0 cm³/mol. The van der Waals surface area contributed by atoms with Crippen LogP contribution in [0.1, 0.15) is 31.7 Å². The third-order valence-corrected chi connectivity index (χ3v) is 3.83. The number of aliphatic imine (C=N–C) groups is 1. The van der Waals surface area contributed by atoms with Gasteiger partial charge in [-0.1, -0.05) is 0 Å². The van der Waals surface area contributed by atoms with Crippen molar-refractivity contribution in [1.29, 1.82) is 0 Å². The Balaban J connectivity index is 2.25. The number of piperidine rings is 1. The minimum absolute atomic E-state index is 0.152. The molecular formula is C14H20N6O. The second-order valence-corrected chi connectivity index (χ2v) is 5.21. The molecule has 21 heavy (non-hydrogen) atoms. The van der Waals surface area contributed by atoms with Gasteiger partial charge >= 0.3 is 0 Å². The molecule has 2 aromatic heterocycles. The van der Waals surface area contributed by atoms with Crippen LogP contribution in [-0.2, 0) is 0 Å². The second-order valence-electron chi connectivity index (χ2n) is 5.21. The highest BCUT2D eigenvalue weighted by atomic mass is 16.1. The van der Waals surface area contributed by atoms with E-state index in [0.717, 1.165) is 31.4 Å². The molecule has 0 aliphatic carbocycles. The number of H-pyrrole nitrogens is 2. The molecule has 7 heteroatoms. The molecule has 0 spiro atoms. The fourth-order valence-electron chi connectivity index (χ4n) is 2.90. The number of pyridine rings is 1. The minimum Gasteiger partial charge on any atom is -0.383 e. The van der Waals surface area contributed by atoms with Crippen LogP contribution >= 0.6 is 0 Å². The maximum Gasteiger partial charge on any atom is 0.274 e. The Morgan fingerprint density at radius 3 is 2.90 bits per heavy atom. The summed E-state index contributed by atoms with van der Waals surface area (Å²) < 4.78 is 0. The van der Waals surface area contributed by atoms with E-state index in [4.69, 9.17) is 5.73 Å². The lowest BCUT2D eigenvalue weighted by molar-refractivity contribution is 0.576. The molecule has 3 rings (SSSR count). The largest absolute Gasteiger partial charge is 0.383 e. The molecule has 0 saturated carbocycles. The highest BCUT2D eigenvalue weighted by molar-refractivity contribution is 6.11. The number of anilines is 1. The van der Waals surface area contributed by atoms with Gasteiger partial charge in [0.05, 0.1) is 17.4 Å². The van der Waals surface area contributed by atoms with Crippen molar-refractivity contribution in [1.82, 2.24) is 15.0 Å². The average molecular weight is 288 g/mol. The van der Waals surface area contributed by atoms with Crippen molar-refractivity contribution >= 4 is 22.7 Å². The van der Waals surface area contributed by atoms with Crippen LogP contribution in [0.5, 0.6) is 0 Å². The zero-order valence-corrected chi connectivity index (χ0v) is 12.1. The molecule has 0 radical (unpaired) electrons. The Kier molecular flexibility index (Phi) is 3.64. The number of fused-ring (bicyclic) bond motifs is 1. The Morgan fingerprint density at radius 1 is 1.43 bits per heavy atom. The van der Waals surface area contributed by atoms with Gasteiger partial charge in [-0.05, 0) is 26.2 Å². The molecule has 1 fully saturated rings. The standard InChI is InChI=1S/C14H20N6O/c1-2-16-12(15)9-10-13(18-8-17-10)19-14(21)11(9)20-6-4-3-5-7-20/h8H,2-7H2,1H3,(H2,15,16)(H2,17,18,19,21). The molecule has 3 heterocycles. The lowest BCUT2D eigenvalue weighted by Crippen LogP contribution is -2.36. The number of aromatic nitrogens is 3. The Labute approximate surface area is 122 Å². The van der Waals surface area contributed by atoms with Gasteiger partial charge in [0.1, 0.15) is 11.5 Å². The van der Waals surface area contributed by atoms with Crippen LogP contribution in [0.3, 0.4) is 0 Å². The summed E-state index contributed by atoms with van der Waals surface area (Å²) in [5.41, 5.74) is 8.53. The monoisotopic (exact) mass is 288 g/mol. The maximum atomic E-state index is 12.5. The lowest BCUT2D eigenvalue weighted by atomic mass is 10.1. The normalized spacial score (nSPS) is 16.6. The van der Waals surface area contributed by atoms with Crippen molar-refractivity contribution in [2.45, 2.75) is 26.2 Å². The van der Waals surface area contributed by atoms with Gasteiger partial charge in [-0.15, -0.1) is 0 Å². The molecule has 2 aromatic rings. The van der Waals surface area contributed by atoms with Gasteiger partial charge < -0.3 is 20.6 Å². The molecule has 0 amide bonds. The summed E-state index contributed by atoms with van der Waals surface area (Å²) in [6, 6.07) is 0. The molecule has 0 bridgehead atoms. The number of hydrogen-bond donors (Lipinski definition) is 3. The molecule has 0 unspecified atom stereocenters. The number of hydrogen-bond acceptors (Lipinski definition) is 4. The number of aromatic amines is 2. The molecule has 0 aromatic carbocycles. The zero-order valence-electron chi connectivity index (χ0n) is 12.1. The maximum absolute atomic E-state index is 12.5. The molecule has 1 aliphatic rings. The summed E-state index contributed by atoms with van der Waals surface area (Å²) in [7, 11) is 0. The smallest absolute Gasteiger partial charge is 0.274 e. The first-order valence-corrected chi connectivity index (χ1v) is 7.37. The van der Waals surface area contributed by atoms with Crippen molar-refractivity contribution in [3.05, 3.63) is 22.2 Å². The highest BCUT2D eigenvalue weighted by Crippen LogP contribution is 2.24. The van der Waals surface area contributed by atoms with Crippen LogP contribution in [0, 0.1) is 0 Å². The molecule has 112 valence electrons. The van der Waals surface area contributed by atoms with Gasteiger partial charge in [0, 0.05) is 19.6 Å². The van der Waals surface area contributed by atoms with Gasteiger partial charge in [-0.3, -0.25) is 9.79 Å². The third kappa shape index (κ3) is 2.39. The number of nitrogens with zero attached hydrogens (tertiary/aromatic N) is 3. The van der Waals surface area contributed by atoms with Crippen LogP contribution in [0.4, 0.5) is 5.69 Å². The Hall–Kier alpha value is -2.31. The Bertz CT molecular complexity index is 723. The van der Waals surface area contributed by atoms with Gasteiger partial charge in [-0.2, -0.15) is 0 Å². The SMILES string of the molecule is CCN=C(N)c1c(N2CCCCC2)c(=O)[nH]c2nc[nH]c12. The number of amidine groups is 1. The summed E-state index contributed by atoms with van der Waals surface area (Å²) in [4.78, 5) is 28.9. The number of rotatable bonds is 3. The fourth-order valence-corrected chi connectivity index (χ4v) is 2.90. The van der Waals surface area contributed by atoms with Crippen molar-refractivity contribution < 1.29 is 0 Å². The second kappa shape index (κ2) is 5.59. The van der Waals surface area contributed by atoms with E-state index in [-0.39, 0.29) is 5.56 Å². The first kappa shape index (κ1) is 13.7. The van der Waals surface area contributed by atoms with Crippen LogP contribution in [0.15, 0.2) is 16.1 Å². The van der Waals surface area contributed by atoms with E-state index in [1.807, 2.05) is 6.92 Å². The average Bonchev–Trinajstić information content (AvgIpc) is 2.94. The lowest BCUT2D eigenvalue weighted by Gasteiger charge is -2.29. The van der Waals surface area contributed by atoms with Gasteiger partial charge in [0.25, 0.3) is 5.56 Å². The van der Waals surface area contributed by atoms with Crippen LogP contribution in [-0.4, -0.2) is 40.4 Å². The molecule has 7 nitrogen and oxygen atoms in total. The summed E-state index contributed by atoms with van der Waals surface area (Å²) in [6.45, 7) is 4.24. The van der Waals surface area contributed by atoms with E-state index in [0.29, 0.717) is 29.3 Å². The van der Waals surface area contributed by atoms with Gasteiger partial charge in [0.15, 0.2) is 5.65 Å². The number of nitrogens with two attached hydrogens (primary N) is 1. The van der Waals surface area contributed by atoms with Crippen LogP contribution < -0.4 is 16.2 Å². The highest BCUT2D eigenvalue weighted by Gasteiger charge is 2.23. The van der Waals surface area contributed by atoms with Crippen molar-refractivity contribution in [2.24, 2.45) is 10.7 Å². The van der Waals surface area contributed by atoms with Crippen molar-refractivity contribution in [3.63, 3.8) is 0 Å². The van der Waals surface area contributed by atoms with Crippen molar-refractivity contribution in [2.75, 3.05) is 24.5 Å². The molecule has 4 N–H and O–H groups in total. The van der Waals surface area contributed by atoms with E-state index in [1.165, 1.54) is 6.42 Å². The minimum atomic E-state index is -0.152. The molecule has 0 atom stereocenters. The summed E-state index contributed by atoms with van der Waals surface area (Å²) in [5.74, 6) is 0.387. The van der Waals surface area contributed by atoms with Gasteiger partial charge in [-0.25, -0.2) is 4.98 Å². The van der Waals surface area contributed by atoms with Gasteiger partial charge in [0.2, 0.25) is 0 Å². The van der Waals surface area contributed by atoms with E-state index in [1.54, 1.807) is 6.33 Å². The fraction of sp³-hybridized carbons (Fsp3) is 0.500. The van der Waals surface area contributed by atoms with Crippen molar-refractivity contribution in [3.8, 4) is 0 Å². The van der Waals surface area contributed by atoms with Crippen LogP contribution in [0.2, 0.25) is 0 Å². The van der Waals surface area contributed by atoms with E-state index >= 15 is 0 Å². The van der Waals surface area contributed by atoms with E-state index < -0.39 is 0 Å². The van der Waals surface area contributed by atoms with E-state index in [9.17, 15) is 4.79 Å². The first-order chi connectivity index (χ1) is 10.2. The summed E-state index contributed by atoms with van der Waals surface area (Å²) in [6.07, 6.45) is 4.94. The molecule has 1 saturated heterocycles. The zero-order chi connectivity index (χ0) is 14.8. The molecular weight excluding hydrogens is 268 g/mol.